The summed E-state index contributed by atoms with van der Waals surface area (Å²) in [7, 11) is 0. The normalized spacial score (nSPS) is 11.8. The number of benzene rings is 3. The first-order valence-corrected chi connectivity index (χ1v) is 9.25. The van der Waals surface area contributed by atoms with Crippen LogP contribution in [0.4, 0.5) is 0 Å². The van der Waals surface area contributed by atoms with Gasteiger partial charge in [-0.25, -0.2) is 0 Å². The highest BCUT2D eigenvalue weighted by molar-refractivity contribution is 7.25. The fourth-order valence-electron chi connectivity index (χ4n) is 3.37. The van der Waals surface area contributed by atoms with E-state index in [9.17, 15) is 0 Å². The van der Waals surface area contributed by atoms with Gasteiger partial charge in [0.15, 0.2) is 0 Å². The Morgan fingerprint density at radius 2 is 1.56 bits per heavy atom. The van der Waals surface area contributed by atoms with Crippen molar-refractivity contribution in [2.45, 2.75) is 26.2 Å². The molecule has 2 heteroatoms. The second-order valence-electron chi connectivity index (χ2n) is 7.43. The average molecular weight is 341 g/mol. The SMILES string of the molecule is CC(C)(C)c1cccc2sc3cc(-c4ccc(C#N)cc4)ccc3c12. The molecule has 0 radical (unpaired) electrons. The number of rotatable bonds is 1. The zero-order chi connectivity index (χ0) is 17.6. The van der Waals surface area contributed by atoms with E-state index < -0.39 is 0 Å². The standard InChI is InChI=1S/C23H19NS/c1-23(2,3)19-5-4-6-20-22(19)18-12-11-17(13-21(18)25-20)16-9-7-15(14-24)8-10-16/h4-13H,1-3H3. The van der Waals surface area contributed by atoms with Crippen molar-refractivity contribution in [3.63, 3.8) is 0 Å². The molecule has 1 heterocycles. The molecule has 0 amide bonds. The van der Waals surface area contributed by atoms with E-state index in [4.69, 9.17) is 5.26 Å². The fourth-order valence-corrected chi connectivity index (χ4v) is 4.54. The van der Waals surface area contributed by atoms with E-state index >= 15 is 0 Å². The van der Waals surface area contributed by atoms with Gasteiger partial charge in [-0.3, -0.25) is 0 Å². The van der Waals surface area contributed by atoms with Crippen molar-refractivity contribution < 1.29 is 0 Å². The van der Waals surface area contributed by atoms with Crippen molar-refractivity contribution in [3.05, 3.63) is 71.8 Å². The molecule has 4 rings (SSSR count). The molecule has 0 aliphatic carbocycles. The molecule has 0 unspecified atom stereocenters. The van der Waals surface area contributed by atoms with Crippen molar-refractivity contribution in [1.82, 2.24) is 0 Å². The minimum atomic E-state index is 0.124. The maximum atomic E-state index is 8.96. The summed E-state index contributed by atoms with van der Waals surface area (Å²) in [6, 6.07) is 23.3. The lowest BCUT2D eigenvalue weighted by atomic mass is 9.84. The largest absolute Gasteiger partial charge is 0.192 e. The molecule has 0 N–H and O–H groups in total. The first-order valence-electron chi connectivity index (χ1n) is 8.44. The van der Waals surface area contributed by atoms with Gasteiger partial charge in [-0.1, -0.05) is 57.2 Å². The number of thiophene rings is 1. The van der Waals surface area contributed by atoms with E-state index in [0.717, 1.165) is 5.56 Å². The van der Waals surface area contributed by atoms with Gasteiger partial charge in [-0.05, 0) is 46.4 Å². The van der Waals surface area contributed by atoms with Crippen LogP contribution in [0.5, 0.6) is 0 Å². The van der Waals surface area contributed by atoms with Gasteiger partial charge in [0.2, 0.25) is 0 Å². The van der Waals surface area contributed by atoms with Crippen molar-refractivity contribution in [2.24, 2.45) is 0 Å². The van der Waals surface area contributed by atoms with Crippen molar-refractivity contribution in [2.75, 3.05) is 0 Å². The van der Waals surface area contributed by atoms with E-state index in [1.165, 1.54) is 31.3 Å². The molecule has 25 heavy (non-hydrogen) atoms. The third-order valence-electron chi connectivity index (χ3n) is 4.65. The van der Waals surface area contributed by atoms with Gasteiger partial charge in [0.25, 0.3) is 0 Å². The topological polar surface area (TPSA) is 23.8 Å². The molecule has 0 fully saturated rings. The van der Waals surface area contributed by atoms with Gasteiger partial charge in [0.05, 0.1) is 11.6 Å². The predicted octanol–water partition coefficient (Wildman–Crippen LogP) is 6.89. The maximum Gasteiger partial charge on any atom is 0.0991 e. The summed E-state index contributed by atoms with van der Waals surface area (Å²) >= 11 is 1.86. The van der Waals surface area contributed by atoms with Crippen molar-refractivity contribution >= 4 is 31.5 Å². The molecule has 3 aromatic carbocycles. The molecule has 1 nitrogen and oxygen atoms in total. The molecular weight excluding hydrogens is 322 g/mol. The minimum absolute atomic E-state index is 0.124. The Balaban J connectivity index is 1.92. The highest BCUT2D eigenvalue weighted by atomic mass is 32.1. The van der Waals surface area contributed by atoms with Crippen LogP contribution in [0.25, 0.3) is 31.3 Å². The number of fused-ring (bicyclic) bond motifs is 3. The summed E-state index contributed by atoms with van der Waals surface area (Å²) in [5.74, 6) is 0. The van der Waals surface area contributed by atoms with Crippen LogP contribution >= 0.6 is 11.3 Å². The first kappa shape index (κ1) is 15.9. The number of nitrogens with zero attached hydrogens (tertiary/aromatic N) is 1. The third-order valence-corrected chi connectivity index (χ3v) is 5.77. The molecule has 0 aliphatic rings. The van der Waals surface area contributed by atoms with Crippen LogP contribution in [0.15, 0.2) is 60.7 Å². The monoisotopic (exact) mass is 341 g/mol. The second-order valence-corrected chi connectivity index (χ2v) is 8.51. The lowest BCUT2D eigenvalue weighted by Crippen LogP contribution is -2.11. The summed E-state index contributed by atoms with van der Waals surface area (Å²) in [4.78, 5) is 0. The molecule has 0 bridgehead atoms. The van der Waals surface area contributed by atoms with E-state index in [-0.39, 0.29) is 5.41 Å². The molecule has 122 valence electrons. The Labute approximate surface area is 152 Å². The van der Waals surface area contributed by atoms with Crippen molar-refractivity contribution in [1.29, 1.82) is 5.26 Å². The van der Waals surface area contributed by atoms with Gasteiger partial charge in [-0.2, -0.15) is 5.26 Å². The number of hydrogen-bond acceptors (Lipinski definition) is 2. The van der Waals surface area contributed by atoms with Crippen LogP contribution < -0.4 is 0 Å². The minimum Gasteiger partial charge on any atom is -0.192 e. The third kappa shape index (κ3) is 2.71. The fraction of sp³-hybridized carbons (Fsp3) is 0.174. The lowest BCUT2D eigenvalue weighted by Gasteiger charge is -2.20. The Morgan fingerprint density at radius 1 is 0.840 bits per heavy atom. The zero-order valence-electron chi connectivity index (χ0n) is 14.6. The van der Waals surface area contributed by atoms with Crippen LogP contribution in [-0.4, -0.2) is 0 Å². The molecule has 1 aromatic heterocycles. The quantitative estimate of drug-likeness (QED) is 0.370. The highest BCUT2D eigenvalue weighted by Crippen LogP contribution is 2.41. The molecule has 0 saturated carbocycles. The smallest absolute Gasteiger partial charge is 0.0991 e. The zero-order valence-corrected chi connectivity index (χ0v) is 15.4. The first-order chi connectivity index (χ1) is 12.0. The van der Waals surface area contributed by atoms with Crippen LogP contribution in [0.2, 0.25) is 0 Å². The van der Waals surface area contributed by atoms with Crippen LogP contribution in [0.3, 0.4) is 0 Å². The summed E-state index contributed by atoms with van der Waals surface area (Å²) < 4.78 is 2.66. The van der Waals surface area contributed by atoms with E-state index in [2.05, 4.69) is 63.2 Å². The molecule has 0 aliphatic heterocycles. The highest BCUT2D eigenvalue weighted by Gasteiger charge is 2.19. The average Bonchev–Trinajstić information content (AvgIpc) is 2.98. The second kappa shape index (κ2) is 5.72. The van der Waals surface area contributed by atoms with Crippen molar-refractivity contribution in [3.8, 4) is 17.2 Å². The van der Waals surface area contributed by atoms with E-state index in [1.807, 2.05) is 35.6 Å². The molecule has 4 aromatic rings. The Bertz CT molecular complexity index is 1120. The van der Waals surface area contributed by atoms with Crippen LogP contribution in [-0.2, 0) is 5.41 Å². The van der Waals surface area contributed by atoms with Gasteiger partial charge >= 0.3 is 0 Å². The number of hydrogen-bond donors (Lipinski definition) is 0. The van der Waals surface area contributed by atoms with E-state index in [0.29, 0.717) is 5.56 Å². The molecule has 0 saturated heterocycles. The maximum absolute atomic E-state index is 8.96. The van der Waals surface area contributed by atoms with Gasteiger partial charge < -0.3 is 0 Å². The molecular formula is C23H19NS. The van der Waals surface area contributed by atoms with Crippen LogP contribution in [0, 0.1) is 11.3 Å². The van der Waals surface area contributed by atoms with Gasteiger partial charge in [-0.15, -0.1) is 11.3 Å². The summed E-state index contributed by atoms with van der Waals surface area (Å²) in [5, 5.41) is 11.7. The summed E-state index contributed by atoms with van der Waals surface area (Å²) in [5.41, 5.74) is 4.57. The van der Waals surface area contributed by atoms with Gasteiger partial charge in [0.1, 0.15) is 0 Å². The predicted molar refractivity (Wildman–Crippen MR) is 108 cm³/mol. The Morgan fingerprint density at radius 3 is 2.24 bits per heavy atom. The molecule has 0 spiro atoms. The molecule has 0 atom stereocenters. The Hall–Kier alpha value is -2.63. The number of nitriles is 1. The van der Waals surface area contributed by atoms with E-state index in [1.54, 1.807) is 0 Å². The summed E-state index contributed by atoms with van der Waals surface area (Å²) in [6.45, 7) is 6.82. The Kier molecular flexibility index (Phi) is 3.63. The lowest BCUT2D eigenvalue weighted by molar-refractivity contribution is 0.596. The summed E-state index contributed by atoms with van der Waals surface area (Å²) in [6.07, 6.45) is 0. The van der Waals surface area contributed by atoms with Gasteiger partial charge in [0, 0.05) is 20.2 Å². The van der Waals surface area contributed by atoms with Crippen LogP contribution in [0.1, 0.15) is 31.9 Å².